The number of hydrogen-bond acceptors (Lipinski definition) is 5. The van der Waals surface area contributed by atoms with Crippen molar-refractivity contribution in [2.45, 2.75) is 69.8 Å². The molecule has 4 aliphatic rings. The second-order valence-electron chi connectivity index (χ2n) is 13.9. The molecule has 0 bridgehead atoms. The maximum atomic E-state index is 12.8. The Bertz CT molecular complexity index is 1430. The van der Waals surface area contributed by atoms with Crippen LogP contribution in [-0.4, -0.2) is 42.3 Å². The number of allylic oxidation sites excluding steroid dienone is 1. The molecule has 1 unspecified atom stereocenters. The first-order chi connectivity index (χ1) is 20.1. The summed E-state index contributed by atoms with van der Waals surface area (Å²) in [6, 6.07) is 19.3. The largest absolute Gasteiger partial charge is 0.392 e. The summed E-state index contributed by atoms with van der Waals surface area (Å²) in [5.41, 5.74) is 4.28. The highest BCUT2D eigenvalue weighted by molar-refractivity contribution is 5.91. The van der Waals surface area contributed by atoms with Crippen molar-refractivity contribution >= 4 is 11.5 Å². The number of ketones is 1. The van der Waals surface area contributed by atoms with E-state index in [0.29, 0.717) is 36.2 Å². The normalized spacial score (nSPS) is 35.6. The molecule has 4 aliphatic carbocycles. The van der Waals surface area contributed by atoms with E-state index in [1.165, 1.54) is 22.4 Å². The molecule has 0 saturated heterocycles. The first-order valence-electron chi connectivity index (χ1n) is 15.7. The standard InChI is InChI=1S/C37H44N2O3/c1-35-23-32(27-9-12-29(13-10-27)39(2)3)34-31(33(35)16-19-37(35,42)17-4-20-40)14-11-28-21-30(41)15-18-36(28,34)22-25-5-7-26(24-38)8-6-25/h4-10,12-13,17,21,31-34,40,42H,11,14-16,18-20,22-23H2,1-3H3/b17-4-/t31-,32+,33-,34?,35-,36+,37-/m0/s1. The lowest BCUT2D eigenvalue weighted by molar-refractivity contribution is -0.125. The van der Waals surface area contributed by atoms with E-state index < -0.39 is 5.60 Å². The van der Waals surface area contributed by atoms with E-state index in [0.717, 1.165) is 38.5 Å². The third kappa shape index (κ3) is 4.55. The van der Waals surface area contributed by atoms with Gasteiger partial charge in [-0.15, -0.1) is 0 Å². The number of carbonyl (C=O) groups is 1. The van der Waals surface area contributed by atoms with Crippen LogP contribution in [0, 0.1) is 39.9 Å². The van der Waals surface area contributed by atoms with Gasteiger partial charge in [-0.05, 0) is 116 Å². The van der Waals surface area contributed by atoms with Gasteiger partial charge in [0.25, 0.3) is 0 Å². The molecule has 5 heteroatoms. The summed E-state index contributed by atoms with van der Waals surface area (Å²) >= 11 is 0. The molecule has 7 atom stereocenters. The molecular weight excluding hydrogens is 520 g/mol. The first kappa shape index (κ1) is 28.9. The molecule has 0 heterocycles. The lowest BCUT2D eigenvalue weighted by Gasteiger charge is -2.63. The number of hydrogen-bond donors (Lipinski definition) is 2. The van der Waals surface area contributed by atoms with E-state index in [2.05, 4.69) is 68.4 Å². The minimum absolute atomic E-state index is 0.0690. The first-order valence-corrected chi connectivity index (χ1v) is 15.7. The van der Waals surface area contributed by atoms with Crippen LogP contribution in [0.3, 0.4) is 0 Å². The fourth-order valence-corrected chi connectivity index (χ4v) is 9.81. The third-order valence-corrected chi connectivity index (χ3v) is 11.8. The van der Waals surface area contributed by atoms with Gasteiger partial charge >= 0.3 is 0 Å². The van der Waals surface area contributed by atoms with Crippen molar-refractivity contribution in [3.05, 3.63) is 89.0 Å². The average Bonchev–Trinajstić information content (AvgIpc) is 3.26. The van der Waals surface area contributed by atoms with Crippen LogP contribution in [0.25, 0.3) is 0 Å². The lowest BCUT2D eigenvalue weighted by atomic mass is 9.41. The predicted octanol–water partition coefficient (Wildman–Crippen LogP) is 6.35. The summed E-state index contributed by atoms with van der Waals surface area (Å²) in [5.74, 6) is 1.59. The quantitative estimate of drug-likeness (QED) is 0.399. The van der Waals surface area contributed by atoms with Gasteiger partial charge < -0.3 is 15.1 Å². The fourth-order valence-electron chi connectivity index (χ4n) is 9.81. The number of nitriles is 1. The van der Waals surface area contributed by atoms with Gasteiger partial charge in [0, 0.05) is 31.6 Å². The molecule has 42 heavy (non-hydrogen) atoms. The Kier molecular flexibility index (Phi) is 7.44. The van der Waals surface area contributed by atoms with Crippen LogP contribution in [0.1, 0.15) is 74.5 Å². The van der Waals surface area contributed by atoms with Gasteiger partial charge in [-0.25, -0.2) is 0 Å². The summed E-state index contributed by atoms with van der Waals surface area (Å²) in [6.45, 7) is 2.23. The number of anilines is 1. The van der Waals surface area contributed by atoms with Crippen molar-refractivity contribution < 1.29 is 15.0 Å². The van der Waals surface area contributed by atoms with Crippen LogP contribution < -0.4 is 4.90 Å². The van der Waals surface area contributed by atoms with E-state index in [1.54, 1.807) is 6.08 Å². The fraction of sp³-hybridized carbons (Fsp3) is 0.514. The van der Waals surface area contributed by atoms with Gasteiger partial charge in [0.2, 0.25) is 0 Å². The molecule has 0 aliphatic heterocycles. The molecule has 0 radical (unpaired) electrons. The minimum atomic E-state index is -0.952. The second-order valence-corrected chi connectivity index (χ2v) is 13.9. The summed E-state index contributed by atoms with van der Waals surface area (Å²) in [4.78, 5) is 15.0. The molecule has 2 aromatic rings. The van der Waals surface area contributed by atoms with Crippen molar-refractivity contribution in [3.63, 3.8) is 0 Å². The van der Waals surface area contributed by atoms with E-state index >= 15 is 0 Å². The minimum Gasteiger partial charge on any atom is -0.392 e. The van der Waals surface area contributed by atoms with Crippen LogP contribution in [0.15, 0.2) is 72.3 Å². The molecule has 0 spiro atoms. The molecule has 0 amide bonds. The zero-order chi connectivity index (χ0) is 29.7. The van der Waals surface area contributed by atoms with Crippen molar-refractivity contribution in [2.24, 2.45) is 28.6 Å². The molecule has 3 fully saturated rings. The molecule has 220 valence electrons. The number of nitrogens with zero attached hydrogens (tertiary/aromatic N) is 2. The number of fused-ring (bicyclic) bond motifs is 5. The van der Waals surface area contributed by atoms with E-state index in [1.807, 2.05) is 24.3 Å². The topological polar surface area (TPSA) is 84.6 Å². The predicted molar refractivity (Wildman–Crippen MR) is 166 cm³/mol. The maximum absolute atomic E-state index is 12.8. The maximum Gasteiger partial charge on any atom is 0.155 e. The third-order valence-electron chi connectivity index (χ3n) is 11.8. The molecule has 5 nitrogen and oxygen atoms in total. The summed E-state index contributed by atoms with van der Waals surface area (Å²) in [7, 11) is 4.13. The molecule has 3 saturated carbocycles. The number of benzene rings is 2. The highest BCUT2D eigenvalue weighted by Crippen LogP contribution is 2.71. The van der Waals surface area contributed by atoms with Crippen molar-refractivity contribution in [2.75, 3.05) is 25.6 Å². The number of aliphatic hydroxyl groups excluding tert-OH is 1. The number of aliphatic hydroxyl groups is 2. The molecular formula is C37H44N2O3. The average molecular weight is 565 g/mol. The number of carbonyl (C=O) groups excluding carboxylic acids is 1. The van der Waals surface area contributed by atoms with Crippen LogP contribution in [0.5, 0.6) is 0 Å². The zero-order valence-electron chi connectivity index (χ0n) is 25.2. The Labute approximate surface area is 250 Å². The van der Waals surface area contributed by atoms with Gasteiger partial charge in [-0.1, -0.05) is 48.9 Å². The Balaban J connectivity index is 1.51. The summed E-state index contributed by atoms with van der Waals surface area (Å²) in [5, 5.41) is 31.2. The van der Waals surface area contributed by atoms with Gasteiger partial charge in [-0.2, -0.15) is 5.26 Å². The molecule has 2 aromatic carbocycles. The van der Waals surface area contributed by atoms with Gasteiger partial charge in [0.1, 0.15) is 0 Å². The van der Waals surface area contributed by atoms with Gasteiger partial charge in [0.15, 0.2) is 5.78 Å². The monoisotopic (exact) mass is 564 g/mol. The number of rotatable bonds is 6. The van der Waals surface area contributed by atoms with Crippen LogP contribution in [0.4, 0.5) is 5.69 Å². The molecule has 0 aromatic heterocycles. The van der Waals surface area contributed by atoms with Crippen LogP contribution in [0.2, 0.25) is 0 Å². The van der Waals surface area contributed by atoms with Crippen LogP contribution in [-0.2, 0) is 11.2 Å². The highest BCUT2D eigenvalue weighted by Gasteiger charge is 2.66. The summed E-state index contributed by atoms with van der Waals surface area (Å²) < 4.78 is 0. The summed E-state index contributed by atoms with van der Waals surface area (Å²) in [6.07, 6.45) is 12.4. The van der Waals surface area contributed by atoms with Crippen molar-refractivity contribution in [3.8, 4) is 6.07 Å². The van der Waals surface area contributed by atoms with Gasteiger partial charge in [0.05, 0.1) is 23.8 Å². The van der Waals surface area contributed by atoms with Crippen molar-refractivity contribution in [1.82, 2.24) is 0 Å². The van der Waals surface area contributed by atoms with Crippen molar-refractivity contribution in [1.29, 1.82) is 5.26 Å². The Hall–Kier alpha value is -3.20. The van der Waals surface area contributed by atoms with E-state index in [-0.39, 0.29) is 29.1 Å². The van der Waals surface area contributed by atoms with Crippen LogP contribution >= 0.6 is 0 Å². The zero-order valence-corrected chi connectivity index (χ0v) is 25.2. The highest BCUT2D eigenvalue weighted by atomic mass is 16.3. The SMILES string of the molecule is CN(C)c1ccc([C@H]2C[C@@]3(C)[C@@H](CC[C@@]3(O)/C=C\CO)[C@@H]3CCC4=CC(=O)CC[C@]4(Cc4ccc(C#N)cc4)C23)cc1. The Morgan fingerprint density at radius 2 is 1.79 bits per heavy atom. The van der Waals surface area contributed by atoms with Gasteiger partial charge in [-0.3, -0.25) is 4.79 Å². The Morgan fingerprint density at radius 1 is 1.05 bits per heavy atom. The van der Waals surface area contributed by atoms with E-state index in [4.69, 9.17) is 0 Å². The molecule has 6 rings (SSSR count). The lowest BCUT2D eigenvalue weighted by Crippen LogP contribution is -2.58. The smallest absolute Gasteiger partial charge is 0.155 e. The second kappa shape index (κ2) is 10.8. The Morgan fingerprint density at radius 3 is 2.45 bits per heavy atom. The molecule has 2 N–H and O–H groups in total. The van der Waals surface area contributed by atoms with E-state index in [9.17, 15) is 20.3 Å².